The maximum absolute atomic E-state index is 11.7. The Hall–Kier alpha value is -3.12. The predicted octanol–water partition coefficient (Wildman–Crippen LogP) is 2.80. The van der Waals surface area contributed by atoms with Gasteiger partial charge >= 0.3 is 11.9 Å². The van der Waals surface area contributed by atoms with Crippen molar-refractivity contribution in [1.29, 1.82) is 0 Å². The molecule has 1 atom stereocenters. The molecule has 6 heteroatoms. The first-order chi connectivity index (χ1) is 12.1. The number of carbonyl (C=O) groups excluding carboxylic acids is 2. The summed E-state index contributed by atoms with van der Waals surface area (Å²) in [6, 6.07) is 8.57. The van der Waals surface area contributed by atoms with E-state index < -0.39 is 11.9 Å². The minimum atomic E-state index is -0.617. The van der Waals surface area contributed by atoms with E-state index in [-0.39, 0.29) is 23.4 Å². The summed E-state index contributed by atoms with van der Waals surface area (Å²) >= 11 is 0. The Kier molecular flexibility index (Phi) is 4.81. The third-order valence-corrected chi connectivity index (χ3v) is 3.50. The van der Waals surface area contributed by atoms with Crippen molar-refractivity contribution in [3.63, 3.8) is 0 Å². The van der Waals surface area contributed by atoms with Gasteiger partial charge in [0.2, 0.25) is 0 Å². The van der Waals surface area contributed by atoms with E-state index in [0.717, 1.165) is 12.2 Å². The van der Waals surface area contributed by atoms with E-state index in [9.17, 15) is 9.59 Å². The highest BCUT2D eigenvalue weighted by molar-refractivity contribution is 5.99. The van der Waals surface area contributed by atoms with Crippen molar-refractivity contribution in [1.82, 2.24) is 0 Å². The highest BCUT2D eigenvalue weighted by atomic mass is 16.6. The number of fused-ring (bicyclic) bond motifs is 1. The Labute approximate surface area is 144 Å². The van der Waals surface area contributed by atoms with Crippen LogP contribution in [0.5, 0.6) is 17.2 Å². The smallest absolute Gasteiger partial charge is 0.335 e. The summed E-state index contributed by atoms with van der Waals surface area (Å²) in [4.78, 5) is 23.3. The number of benzene rings is 2. The average molecular weight is 340 g/mol. The molecule has 1 fully saturated rings. The molecule has 1 saturated heterocycles. The molecule has 1 aliphatic rings. The molecule has 0 saturated carbocycles. The van der Waals surface area contributed by atoms with Crippen molar-refractivity contribution in [2.24, 2.45) is 0 Å². The van der Waals surface area contributed by atoms with Crippen molar-refractivity contribution in [3.8, 4) is 17.2 Å². The van der Waals surface area contributed by atoms with Gasteiger partial charge in [-0.05, 0) is 0 Å². The largest absolute Gasteiger partial charge is 0.487 e. The molecule has 3 rings (SSSR count). The van der Waals surface area contributed by atoms with Crippen LogP contribution in [0, 0.1) is 0 Å². The average Bonchev–Trinajstić information content (AvgIpc) is 3.46. The summed E-state index contributed by atoms with van der Waals surface area (Å²) in [5, 5.41) is 1.17. The number of carbonyl (C=O) groups is 2. The van der Waals surface area contributed by atoms with Crippen LogP contribution in [0.25, 0.3) is 10.8 Å². The SMILES string of the molecule is C=CC(=O)Oc1cc(OCC2CO2)c(OC(=O)C=C)c2ccccc12. The fraction of sp³-hybridized carbons (Fsp3) is 0.158. The molecule has 1 unspecified atom stereocenters. The molecule has 1 aliphatic heterocycles. The lowest BCUT2D eigenvalue weighted by atomic mass is 10.1. The van der Waals surface area contributed by atoms with E-state index in [0.29, 0.717) is 24.0 Å². The van der Waals surface area contributed by atoms with Crippen LogP contribution in [-0.2, 0) is 14.3 Å². The third-order valence-electron chi connectivity index (χ3n) is 3.50. The van der Waals surface area contributed by atoms with E-state index in [4.69, 9.17) is 18.9 Å². The molecule has 0 N–H and O–H groups in total. The van der Waals surface area contributed by atoms with Gasteiger partial charge in [-0.15, -0.1) is 0 Å². The zero-order chi connectivity index (χ0) is 17.8. The van der Waals surface area contributed by atoms with Crippen LogP contribution in [0.3, 0.4) is 0 Å². The highest BCUT2D eigenvalue weighted by Crippen LogP contribution is 2.42. The highest BCUT2D eigenvalue weighted by Gasteiger charge is 2.25. The van der Waals surface area contributed by atoms with Gasteiger partial charge < -0.3 is 18.9 Å². The van der Waals surface area contributed by atoms with Crippen LogP contribution in [-0.4, -0.2) is 31.3 Å². The molecule has 0 aliphatic carbocycles. The first kappa shape index (κ1) is 16.7. The zero-order valence-electron chi connectivity index (χ0n) is 13.4. The number of ether oxygens (including phenoxy) is 4. The van der Waals surface area contributed by atoms with Gasteiger partial charge in [-0.3, -0.25) is 0 Å². The van der Waals surface area contributed by atoms with E-state index >= 15 is 0 Å². The minimum absolute atomic E-state index is 0.00796. The molecule has 6 nitrogen and oxygen atoms in total. The molecule has 2 aromatic carbocycles. The number of rotatable bonds is 7. The van der Waals surface area contributed by atoms with Gasteiger partial charge in [0.1, 0.15) is 18.5 Å². The molecule has 0 amide bonds. The van der Waals surface area contributed by atoms with Crippen LogP contribution >= 0.6 is 0 Å². The van der Waals surface area contributed by atoms with Crippen molar-refractivity contribution in [3.05, 3.63) is 55.6 Å². The minimum Gasteiger partial charge on any atom is -0.487 e. The summed E-state index contributed by atoms with van der Waals surface area (Å²) in [5.41, 5.74) is 0. The van der Waals surface area contributed by atoms with Crippen LogP contribution in [0.2, 0.25) is 0 Å². The number of hydrogen-bond donors (Lipinski definition) is 0. The topological polar surface area (TPSA) is 74.4 Å². The van der Waals surface area contributed by atoms with Crippen molar-refractivity contribution in [2.45, 2.75) is 6.10 Å². The van der Waals surface area contributed by atoms with Crippen molar-refractivity contribution in [2.75, 3.05) is 13.2 Å². The molecule has 0 radical (unpaired) electrons. The molecule has 0 spiro atoms. The first-order valence-corrected chi connectivity index (χ1v) is 7.61. The second kappa shape index (κ2) is 7.19. The maximum Gasteiger partial charge on any atom is 0.335 e. The lowest BCUT2D eigenvalue weighted by Gasteiger charge is -2.15. The quantitative estimate of drug-likeness (QED) is 0.334. The molecule has 1 heterocycles. The summed E-state index contributed by atoms with van der Waals surface area (Å²) in [6.07, 6.45) is 2.14. The monoisotopic (exact) mass is 340 g/mol. The maximum atomic E-state index is 11.7. The Morgan fingerprint density at radius 2 is 1.72 bits per heavy atom. The summed E-state index contributed by atoms with van der Waals surface area (Å²) in [7, 11) is 0. The number of epoxide rings is 1. The normalized spacial score (nSPS) is 15.3. The molecular weight excluding hydrogens is 324 g/mol. The Bertz CT molecular complexity index is 850. The van der Waals surface area contributed by atoms with Gasteiger partial charge in [-0.1, -0.05) is 37.4 Å². The van der Waals surface area contributed by atoms with E-state index in [1.807, 2.05) is 0 Å². The fourth-order valence-corrected chi connectivity index (χ4v) is 2.23. The first-order valence-electron chi connectivity index (χ1n) is 7.61. The van der Waals surface area contributed by atoms with Gasteiger partial charge in [0.05, 0.1) is 6.61 Å². The van der Waals surface area contributed by atoms with Crippen LogP contribution in [0.15, 0.2) is 55.6 Å². The van der Waals surface area contributed by atoms with Crippen LogP contribution in [0.4, 0.5) is 0 Å². The molecule has 0 bridgehead atoms. The summed E-state index contributed by atoms with van der Waals surface area (Å²) < 4.78 is 21.5. The summed E-state index contributed by atoms with van der Waals surface area (Å²) in [6.45, 7) is 7.71. The number of hydrogen-bond acceptors (Lipinski definition) is 6. The van der Waals surface area contributed by atoms with E-state index in [1.54, 1.807) is 24.3 Å². The van der Waals surface area contributed by atoms with Crippen LogP contribution in [0.1, 0.15) is 0 Å². The standard InChI is InChI=1S/C19H16O6/c1-3-17(20)24-15-9-16(23-11-12-10-22-12)19(25-18(21)4-2)14-8-6-5-7-13(14)15/h3-9,12H,1-2,10-11H2. The number of esters is 2. The van der Waals surface area contributed by atoms with Gasteiger partial charge in [0, 0.05) is 29.0 Å². The molecule has 128 valence electrons. The van der Waals surface area contributed by atoms with Crippen molar-refractivity contribution >= 4 is 22.7 Å². The van der Waals surface area contributed by atoms with Gasteiger partial charge in [-0.25, -0.2) is 9.59 Å². The lowest BCUT2D eigenvalue weighted by molar-refractivity contribution is -0.130. The van der Waals surface area contributed by atoms with E-state index in [1.165, 1.54) is 6.07 Å². The fourth-order valence-electron chi connectivity index (χ4n) is 2.23. The summed E-state index contributed by atoms with van der Waals surface area (Å²) in [5.74, 6) is -0.424. The zero-order valence-corrected chi connectivity index (χ0v) is 13.4. The molecule has 25 heavy (non-hydrogen) atoms. The Morgan fingerprint density at radius 1 is 1.08 bits per heavy atom. The van der Waals surface area contributed by atoms with Gasteiger partial charge in [-0.2, -0.15) is 0 Å². The molecule has 2 aromatic rings. The Balaban J connectivity index is 2.10. The van der Waals surface area contributed by atoms with E-state index in [2.05, 4.69) is 13.2 Å². The van der Waals surface area contributed by atoms with Crippen molar-refractivity contribution < 1.29 is 28.5 Å². The molecular formula is C19H16O6. The second-order valence-electron chi connectivity index (χ2n) is 5.26. The van der Waals surface area contributed by atoms with Gasteiger partial charge in [0.25, 0.3) is 0 Å². The third kappa shape index (κ3) is 3.87. The lowest BCUT2D eigenvalue weighted by Crippen LogP contribution is -2.10. The second-order valence-corrected chi connectivity index (χ2v) is 5.26. The predicted molar refractivity (Wildman–Crippen MR) is 90.8 cm³/mol. The molecule has 0 aromatic heterocycles. The van der Waals surface area contributed by atoms with Crippen LogP contribution < -0.4 is 14.2 Å². The van der Waals surface area contributed by atoms with Gasteiger partial charge in [0.15, 0.2) is 11.5 Å². The Morgan fingerprint density at radius 3 is 2.36 bits per heavy atom.